The molecule has 4 aromatic rings. The van der Waals surface area contributed by atoms with Crippen LogP contribution in [0.5, 0.6) is 0 Å². The van der Waals surface area contributed by atoms with Crippen LogP contribution in [0.4, 0.5) is 0 Å². The first-order valence-electron chi connectivity index (χ1n) is 10.0. The van der Waals surface area contributed by atoms with E-state index < -0.39 is 0 Å². The van der Waals surface area contributed by atoms with Gasteiger partial charge in [0.2, 0.25) is 5.69 Å². The summed E-state index contributed by atoms with van der Waals surface area (Å²) in [5.41, 5.74) is 9.09. The van der Waals surface area contributed by atoms with Gasteiger partial charge in [-0.3, -0.25) is 0 Å². The van der Waals surface area contributed by atoms with Gasteiger partial charge in [-0.05, 0) is 64.9 Å². The Balaban J connectivity index is 1.86. The summed E-state index contributed by atoms with van der Waals surface area (Å²) in [6.45, 7) is 8.87. The van der Waals surface area contributed by atoms with Crippen LogP contribution in [0.2, 0.25) is 0 Å². The standard InChI is InChI=1S/C27H28N/c1-18(2)21-10-11-23-15-24(13-12-22(23)14-21)26-16-27(28(5)17-20(26)4)25-9-7-6-8-19(25)3/h6-18H,1-5H3/q+1. The van der Waals surface area contributed by atoms with E-state index in [2.05, 4.69) is 112 Å². The summed E-state index contributed by atoms with van der Waals surface area (Å²) >= 11 is 0. The Hall–Kier alpha value is -2.93. The Morgan fingerprint density at radius 1 is 0.714 bits per heavy atom. The van der Waals surface area contributed by atoms with Gasteiger partial charge in [0.15, 0.2) is 6.20 Å². The predicted molar refractivity (Wildman–Crippen MR) is 120 cm³/mol. The smallest absolute Gasteiger partial charge is 0.201 e. The molecule has 0 fully saturated rings. The Morgan fingerprint density at radius 3 is 2.18 bits per heavy atom. The van der Waals surface area contributed by atoms with Crippen LogP contribution >= 0.6 is 0 Å². The quantitative estimate of drug-likeness (QED) is 0.354. The van der Waals surface area contributed by atoms with Gasteiger partial charge < -0.3 is 0 Å². The molecule has 1 aromatic heterocycles. The second kappa shape index (κ2) is 7.24. The number of aryl methyl sites for hydroxylation is 3. The van der Waals surface area contributed by atoms with E-state index >= 15 is 0 Å². The van der Waals surface area contributed by atoms with E-state index in [1.807, 2.05) is 0 Å². The maximum Gasteiger partial charge on any atom is 0.213 e. The molecule has 0 bridgehead atoms. The highest BCUT2D eigenvalue weighted by atomic mass is 14.9. The van der Waals surface area contributed by atoms with E-state index in [4.69, 9.17) is 0 Å². The molecule has 0 radical (unpaired) electrons. The normalized spacial score (nSPS) is 11.4. The minimum absolute atomic E-state index is 0.553. The Morgan fingerprint density at radius 2 is 1.43 bits per heavy atom. The van der Waals surface area contributed by atoms with Gasteiger partial charge in [0.1, 0.15) is 7.05 Å². The van der Waals surface area contributed by atoms with Crippen LogP contribution in [0.15, 0.2) is 72.9 Å². The van der Waals surface area contributed by atoms with Crippen LogP contribution in [0.1, 0.15) is 36.5 Å². The lowest BCUT2D eigenvalue weighted by Crippen LogP contribution is -2.31. The number of aromatic nitrogens is 1. The maximum absolute atomic E-state index is 2.33. The zero-order valence-electron chi connectivity index (χ0n) is 17.5. The predicted octanol–water partition coefficient (Wildman–Crippen LogP) is 6.74. The van der Waals surface area contributed by atoms with Crippen LogP contribution in [0.3, 0.4) is 0 Å². The molecule has 28 heavy (non-hydrogen) atoms. The summed E-state index contributed by atoms with van der Waals surface area (Å²) in [7, 11) is 2.13. The van der Waals surface area contributed by atoms with Gasteiger partial charge in [-0.25, -0.2) is 4.57 Å². The largest absolute Gasteiger partial charge is 0.213 e. The third-order valence-electron chi connectivity index (χ3n) is 5.74. The third-order valence-corrected chi connectivity index (χ3v) is 5.74. The molecule has 0 aliphatic carbocycles. The summed E-state index contributed by atoms with van der Waals surface area (Å²) in [6.07, 6.45) is 2.24. The molecule has 140 valence electrons. The van der Waals surface area contributed by atoms with Gasteiger partial charge in [0.05, 0.1) is 0 Å². The number of benzene rings is 3. The van der Waals surface area contributed by atoms with Crippen molar-refractivity contribution in [2.45, 2.75) is 33.6 Å². The van der Waals surface area contributed by atoms with Crippen molar-refractivity contribution >= 4 is 10.8 Å². The summed E-state index contributed by atoms with van der Waals surface area (Å²) in [4.78, 5) is 0. The zero-order valence-corrected chi connectivity index (χ0v) is 17.5. The molecule has 0 amide bonds. The van der Waals surface area contributed by atoms with Crippen molar-refractivity contribution in [3.05, 3.63) is 89.6 Å². The fraction of sp³-hybridized carbons (Fsp3) is 0.222. The minimum Gasteiger partial charge on any atom is -0.201 e. The highest BCUT2D eigenvalue weighted by Crippen LogP contribution is 2.31. The second-order valence-electron chi connectivity index (χ2n) is 8.16. The van der Waals surface area contributed by atoms with Gasteiger partial charge in [0.25, 0.3) is 0 Å². The van der Waals surface area contributed by atoms with Gasteiger partial charge >= 0.3 is 0 Å². The van der Waals surface area contributed by atoms with E-state index in [1.54, 1.807) is 0 Å². The van der Waals surface area contributed by atoms with Gasteiger partial charge in [-0.1, -0.05) is 62.4 Å². The number of fused-ring (bicyclic) bond motifs is 1. The molecular formula is C27H28N+. The first-order valence-corrected chi connectivity index (χ1v) is 10.0. The summed E-state index contributed by atoms with van der Waals surface area (Å²) in [5, 5.41) is 2.61. The number of rotatable bonds is 3. The molecule has 0 atom stereocenters. The SMILES string of the molecule is Cc1c[n+](C)c(-c2ccccc2C)cc1-c1ccc2cc(C(C)C)ccc2c1. The molecule has 1 nitrogen and oxygen atoms in total. The Kier molecular flexibility index (Phi) is 4.77. The van der Waals surface area contributed by atoms with Crippen molar-refractivity contribution in [2.75, 3.05) is 0 Å². The average Bonchev–Trinajstić information content (AvgIpc) is 2.68. The number of hydrogen-bond acceptors (Lipinski definition) is 0. The molecule has 1 heterocycles. The first-order chi connectivity index (χ1) is 13.4. The molecule has 0 saturated heterocycles. The zero-order chi connectivity index (χ0) is 19.8. The van der Waals surface area contributed by atoms with Crippen molar-refractivity contribution in [2.24, 2.45) is 7.05 Å². The van der Waals surface area contributed by atoms with Crippen LogP contribution in [0, 0.1) is 13.8 Å². The van der Waals surface area contributed by atoms with Crippen LogP contribution in [0.25, 0.3) is 33.2 Å². The second-order valence-corrected chi connectivity index (χ2v) is 8.16. The van der Waals surface area contributed by atoms with E-state index in [9.17, 15) is 0 Å². The molecule has 0 saturated carbocycles. The van der Waals surface area contributed by atoms with Crippen molar-refractivity contribution < 1.29 is 4.57 Å². The average molecular weight is 367 g/mol. The molecule has 0 aliphatic rings. The molecule has 0 unspecified atom stereocenters. The lowest BCUT2D eigenvalue weighted by atomic mass is 9.94. The van der Waals surface area contributed by atoms with E-state index in [0.717, 1.165) is 0 Å². The number of pyridine rings is 1. The first kappa shape index (κ1) is 18.4. The Labute approximate surface area is 168 Å². The van der Waals surface area contributed by atoms with Crippen LogP contribution in [-0.4, -0.2) is 0 Å². The minimum atomic E-state index is 0.553. The summed E-state index contributed by atoms with van der Waals surface area (Å²) in [6, 6.07) is 24.6. The van der Waals surface area contributed by atoms with E-state index in [-0.39, 0.29) is 0 Å². The van der Waals surface area contributed by atoms with Crippen molar-refractivity contribution in [1.82, 2.24) is 0 Å². The molecule has 4 rings (SSSR count). The van der Waals surface area contributed by atoms with Gasteiger partial charge in [0, 0.05) is 17.2 Å². The highest BCUT2D eigenvalue weighted by Gasteiger charge is 2.16. The molecular weight excluding hydrogens is 338 g/mol. The molecule has 1 heteroatoms. The van der Waals surface area contributed by atoms with Crippen molar-refractivity contribution in [3.63, 3.8) is 0 Å². The lowest BCUT2D eigenvalue weighted by molar-refractivity contribution is -0.660. The number of nitrogens with zero attached hydrogens (tertiary/aromatic N) is 1. The van der Waals surface area contributed by atoms with Gasteiger partial charge in [-0.2, -0.15) is 0 Å². The maximum atomic E-state index is 2.33. The van der Waals surface area contributed by atoms with Crippen molar-refractivity contribution in [1.29, 1.82) is 0 Å². The molecule has 0 spiro atoms. The van der Waals surface area contributed by atoms with Gasteiger partial charge in [-0.15, -0.1) is 0 Å². The van der Waals surface area contributed by atoms with Crippen LogP contribution < -0.4 is 4.57 Å². The molecule has 0 aliphatic heterocycles. The van der Waals surface area contributed by atoms with E-state index in [1.165, 1.54) is 49.8 Å². The van der Waals surface area contributed by atoms with Crippen LogP contribution in [-0.2, 0) is 7.05 Å². The topological polar surface area (TPSA) is 3.88 Å². The fourth-order valence-corrected chi connectivity index (χ4v) is 4.01. The third kappa shape index (κ3) is 3.33. The van der Waals surface area contributed by atoms with Crippen molar-refractivity contribution in [3.8, 4) is 22.4 Å². The Bertz CT molecular complexity index is 1170. The summed E-state index contributed by atoms with van der Waals surface area (Å²) < 4.78 is 2.23. The summed E-state index contributed by atoms with van der Waals surface area (Å²) in [5.74, 6) is 0.553. The highest BCUT2D eigenvalue weighted by molar-refractivity contribution is 5.88. The molecule has 3 aromatic carbocycles. The lowest BCUT2D eigenvalue weighted by Gasteiger charge is -2.12. The fourth-order valence-electron chi connectivity index (χ4n) is 4.01. The molecule has 0 N–H and O–H groups in total. The number of hydrogen-bond donors (Lipinski definition) is 0. The monoisotopic (exact) mass is 366 g/mol. The van der Waals surface area contributed by atoms with E-state index in [0.29, 0.717) is 5.92 Å².